The van der Waals surface area contributed by atoms with Gasteiger partial charge < -0.3 is 14.6 Å². The highest BCUT2D eigenvalue weighted by molar-refractivity contribution is 5.43. The van der Waals surface area contributed by atoms with Gasteiger partial charge in [0.25, 0.3) is 0 Å². The van der Waals surface area contributed by atoms with Crippen molar-refractivity contribution in [3.63, 3.8) is 0 Å². The third kappa shape index (κ3) is 2.42. The molecule has 0 spiro atoms. The maximum atomic E-state index is 13.7. The van der Waals surface area contributed by atoms with E-state index in [1.54, 1.807) is 25.3 Å². The van der Waals surface area contributed by atoms with Gasteiger partial charge in [-0.25, -0.2) is 9.37 Å². The van der Waals surface area contributed by atoms with E-state index < -0.39 is 5.82 Å². The molecule has 0 aromatic carbocycles. The molecule has 2 aromatic rings. The molecule has 0 aliphatic heterocycles. The molecule has 5 nitrogen and oxygen atoms in total. The van der Waals surface area contributed by atoms with Gasteiger partial charge in [-0.1, -0.05) is 0 Å². The highest BCUT2D eigenvalue weighted by atomic mass is 19.1. The normalized spacial score (nSPS) is 10.4. The molecule has 2 heterocycles. The van der Waals surface area contributed by atoms with Crippen molar-refractivity contribution in [1.29, 1.82) is 0 Å². The van der Waals surface area contributed by atoms with E-state index in [1.807, 2.05) is 13.0 Å². The Morgan fingerprint density at radius 2 is 2.28 bits per heavy atom. The van der Waals surface area contributed by atoms with Crippen molar-refractivity contribution < 1.29 is 8.81 Å². The van der Waals surface area contributed by atoms with Crippen molar-refractivity contribution in [2.75, 3.05) is 24.3 Å². The summed E-state index contributed by atoms with van der Waals surface area (Å²) in [6, 6.07) is 1.86. The van der Waals surface area contributed by atoms with Gasteiger partial charge in [0.05, 0.1) is 12.5 Å². The zero-order chi connectivity index (χ0) is 13.1. The third-order valence-electron chi connectivity index (χ3n) is 2.68. The van der Waals surface area contributed by atoms with Crippen molar-refractivity contribution in [3.05, 3.63) is 35.7 Å². The van der Waals surface area contributed by atoms with Crippen LogP contribution in [0, 0.1) is 12.7 Å². The molecule has 0 saturated carbocycles. The fraction of sp³-hybridized carbons (Fsp3) is 0.333. The molecule has 0 saturated heterocycles. The zero-order valence-corrected chi connectivity index (χ0v) is 10.6. The van der Waals surface area contributed by atoms with Gasteiger partial charge in [-0.3, -0.25) is 0 Å². The monoisotopic (exact) mass is 250 g/mol. The predicted molar refractivity (Wildman–Crippen MR) is 67.1 cm³/mol. The summed E-state index contributed by atoms with van der Waals surface area (Å²) >= 11 is 0. The van der Waals surface area contributed by atoms with Gasteiger partial charge in [-0.05, 0) is 13.0 Å². The Kier molecular flexibility index (Phi) is 3.45. The second kappa shape index (κ2) is 5.03. The van der Waals surface area contributed by atoms with Crippen LogP contribution in [0.15, 0.2) is 22.9 Å². The van der Waals surface area contributed by atoms with Crippen LogP contribution in [-0.4, -0.2) is 24.1 Å². The SMILES string of the molecule is CNc1ncc(F)c(N(C)Cc2ccoc2C)n1. The highest BCUT2D eigenvalue weighted by Crippen LogP contribution is 2.19. The van der Waals surface area contributed by atoms with E-state index in [2.05, 4.69) is 15.3 Å². The quantitative estimate of drug-likeness (QED) is 0.901. The second-order valence-corrected chi connectivity index (χ2v) is 3.97. The highest BCUT2D eigenvalue weighted by Gasteiger charge is 2.13. The Hall–Kier alpha value is -2.11. The summed E-state index contributed by atoms with van der Waals surface area (Å²) < 4.78 is 18.9. The molecule has 6 heteroatoms. The summed E-state index contributed by atoms with van der Waals surface area (Å²) in [6.45, 7) is 2.40. The molecule has 0 bridgehead atoms. The summed E-state index contributed by atoms with van der Waals surface area (Å²) in [5.74, 6) is 1.03. The number of hydrogen-bond acceptors (Lipinski definition) is 5. The fourth-order valence-corrected chi connectivity index (χ4v) is 1.65. The molecule has 2 rings (SSSR count). The van der Waals surface area contributed by atoms with Crippen molar-refractivity contribution in [2.24, 2.45) is 0 Å². The summed E-state index contributed by atoms with van der Waals surface area (Å²) in [6.07, 6.45) is 2.78. The lowest BCUT2D eigenvalue weighted by molar-refractivity contribution is 0.529. The topological polar surface area (TPSA) is 54.2 Å². The predicted octanol–water partition coefficient (Wildman–Crippen LogP) is 2.20. The van der Waals surface area contributed by atoms with E-state index in [1.165, 1.54) is 0 Å². The van der Waals surface area contributed by atoms with Crippen LogP contribution < -0.4 is 10.2 Å². The zero-order valence-electron chi connectivity index (χ0n) is 10.6. The molecule has 0 aliphatic rings. The van der Waals surface area contributed by atoms with Crippen LogP contribution in [0.25, 0.3) is 0 Å². The van der Waals surface area contributed by atoms with Gasteiger partial charge >= 0.3 is 0 Å². The standard InChI is InChI=1S/C12H15FN4O/c1-8-9(4-5-18-8)7-17(3)11-10(13)6-15-12(14-2)16-11/h4-6H,7H2,1-3H3,(H,14,15,16). The first kappa shape index (κ1) is 12.3. The summed E-state index contributed by atoms with van der Waals surface area (Å²) in [5.41, 5.74) is 1.00. The number of rotatable bonds is 4. The molecule has 0 aliphatic carbocycles. The van der Waals surface area contributed by atoms with Gasteiger partial charge in [-0.15, -0.1) is 0 Å². The Labute approximate surface area is 105 Å². The van der Waals surface area contributed by atoms with E-state index in [0.717, 1.165) is 17.5 Å². The molecule has 96 valence electrons. The minimum absolute atomic E-state index is 0.259. The van der Waals surface area contributed by atoms with Crippen LogP contribution in [0.3, 0.4) is 0 Å². The molecule has 0 radical (unpaired) electrons. The maximum Gasteiger partial charge on any atom is 0.224 e. The summed E-state index contributed by atoms with van der Waals surface area (Å²) in [4.78, 5) is 9.63. The number of nitrogens with one attached hydrogen (secondary N) is 1. The van der Waals surface area contributed by atoms with Crippen LogP contribution in [0.2, 0.25) is 0 Å². The minimum atomic E-state index is -0.447. The molecule has 0 unspecified atom stereocenters. The minimum Gasteiger partial charge on any atom is -0.469 e. The van der Waals surface area contributed by atoms with E-state index in [9.17, 15) is 4.39 Å². The van der Waals surface area contributed by atoms with Crippen molar-refractivity contribution in [1.82, 2.24) is 9.97 Å². The van der Waals surface area contributed by atoms with E-state index in [4.69, 9.17) is 4.42 Å². The van der Waals surface area contributed by atoms with E-state index >= 15 is 0 Å². The maximum absolute atomic E-state index is 13.7. The first-order chi connectivity index (χ1) is 8.61. The number of aromatic nitrogens is 2. The van der Waals surface area contributed by atoms with Crippen LogP contribution in [0.4, 0.5) is 16.2 Å². The number of halogens is 1. The van der Waals surface area contributed by atoms with Crippen LogP contribution in [0.5, 0.6) is 0 Å². The Morgan fingerprint density at radius 3 is 2.89 bits per heavy atom. The molecule has 0 amide bonds. The third-order valence-corrected chi connectivity index (χ3v) is 2.68. The smallest absolute Gasteiger partial charge is 0.224 e. The Morgan fingerprint density at radius 1 is 1.50 bits per heavy atom. The first-order valence-electron chi connectivity index (χ1n) is 5.56. The van der Waals surface area contributed by atoms with Crippen molar-refractivity contribution in [2.45, 2.75) is 13.5 Å². The lowest BCUT2D eigenvalue weighted by Gasteiger charge is -2.18. The van der Waals surface area contributed by atoms with Gasteiger partial charge in [-0.2, -0.15) is 4.98 Å². The lowest BCUT2D eigenvalue weighted by Crippen LogP contribution is -2.20. The lowest BCUT2D eigenvalue weighted by atomic mass is 10.2. The van der Waals surface area contributed by atoms with Crippen LogP contribution in [-0.2, 0) is 6.54 Å². The molecule has 0 atom stereocenters. The average Bonchev–Trinajstić information content (AvgIpc) is 2.75. The molecule has 18 heavy (non-hydrogen) atoms. The van der Waals surface area contributed by atoms with E-state index in [-0.39, 0.29) is 5.82 Å². The van der Waals surface area contributed by atoms with Gasteiger partial charge in [0, 0.05) is 26.2 Å². The molecular weight excluding hydrogens is 235 g/mol. The number of hydrogen-bond donors (Lipinski definition) is 1. The fourth-order valence-electron chi connectivity index (χ4n) is 1.65. The van der Waals surface area contributed by atoms with Crippen LogP contribution >= 0.6 is 0 Å². The van der Waals surface area contributed by atoms with Crippen molar-refractivity contribution >= 4 is 11.8 Å². The first-order valence-corrected chi connectivity index (χ1v) is 5.56. The number of aryl methyl sites for hydroxylation is 1. The Balaban J connectivity index is 2.23. The summed E-state index contributed by atoms with van der Waals surface area (Å²) in [7, 11) is 3.47. The van der Waals surface area contributed by atoms with Gasteiger partial charge in [0.2, 0.25) is 5.95 Å². The molecule has 2 aromatic heterocycles. The molecular formula is C12H15FN4O. The second-order valence-electron chi connectivity index (χ2n) is 3.97. The summed E-state index contributed by atoms with van der Waals surface area (Å²) in [5, 5.41) is 2.79. The number of furan rings is 1. The van der Waals surface area contributed by atoms with E-state index in [0.29, 0.717) is 12.5 Å². The number of nitrogens with zero attached hydrogens (tertiary/aromatic N) is 3. The average molecular weight is 250 g/mol. The Bertz CT molecular complexity index is 541. The van der Waals surface area contributed by atoms with Gasteiger partial charge in [0.15, 0.2) is 11.6 Å². The van der Waals surface area contributed by atoms with Gasteiger partial charge in [0.1, 0.15) is 5.76 Å². The van der Waals surface area contributed by atoms with Crippen LogP contribution in [0.1, 0.15) is 11.3 Å². The largest absolute Gasteiger partial charge is 0.469 e. The van der Waals surface area contributed by atoms with Crippen molar-refractivity contribution in [3.8, 4) is 0 Å². The molecule has 0 fully saturated rings. The molecule has 1 N–H and O–H groups in total. The number of anilines is 2.